The highest BCUT2D eigenvalue weighted by atomic mass is 79.9. The second kappa shape index (κ2) is 3.09. The lowest BCUT2D eigenvalue weighted by Gasteiger charge is -1.94. The Balaban J connectivity index is 2.76. The quantitative estimate of drug-likeness (QED) is 0.580. The van der Waals surface area contributed by atoms with Crippen molar-refractivity contribution in [3.8, 4) is 0 Å². The number of hydrogen-bond donors (Lipinski definition) is 0. The number of benzene rings is 1. The minimum atomic E-state index is -0.425. The van der Waals surface area contributed by atoms with E-state index in [0.717, 1.165) is 11.1 Å². The van der Waals surface area contributed by atoms with Crippen LogP contribution in [0.1, 0.15) is 5.76 Å². The zero-order valence-corrected chi connectivity index (χ0v) is 8.87. The molecule has 0 saturated heterocycles. The number of nitrogens with zero attached hydrogens (tertiary/aromatic N) is 1. The molecule has 2 rings (SSSR count). The van der Waals surface area contributed by atoms with Crippen molar-refractivity contribution in [1.82, 2.24) is 0 Å². The summed E-state index contributed by atoms with van der Waals surface area (Å²) in [5.74, 6) is 0.743. The zero-order chi connectivity index (χ0) is 10.3. The highest BCUT2D eigenvalue weighted by Gasteiger charge is 2.14. The molecule has 2 aromatic rings. The molecule has 0 saturated carbocycles. The van der Waals surface area contributed by atoms with Crippen LogP contribution in [0, 0.1) is 17.0 Å². The van der Waals surface area contributed by atoms with Crippen molar-refractivity contribution in [2.24, 2.45) is 0 Å². The van der Waals surface area contributed by atoms with E-state index in [9.17, 15) is 10.1 Å². The van der Waals surface area contributed by atoms with Gasteiger partial charge in [-0.1, -0.05) is 0 Å². The van der Waals surface area contributed by atoms with Crippen LogP contribution in [0.15, 0.2) is 27.1 Å². The molecular weight excluding hydrogens is 250 g/mol. The molecular formula is C9H6BrNO3. The second-order valence-electron chi connectivity index (χ2n) is 2.96. The monoisotopic (exact) mass is 255 g/mol. The Morgan fingerprint density at radius 3 is 2.79 bits per heavy atom. The van der Waals surface area contributed by atoms with Crippen molar-refractivity contribution >= 4 is 32.6 Å². The lowest BCUT2D eigenvalue weighted by atomic mass is 10.2. The maximum absolute atomic E-state index is 10.6. The Morgan fingerprint density at radius 1 is 1.43 bits per heavy atom. The predicted octanol–water partition coefficient (Wildman–Crippen LogP) is 3.41. The molecule has 4 nitrogen and oxygen atoms in total. The maximum Gasteiger partial charge on any atom is 0.284 e. The van der Waals surface area contributed by atoms with E-state index in [2.05, 4.69) is 15.9 Å². The molecule has 0 radical (unpaired) electrons. The molecule has 0 amide bonds. The third-order valence-electron chi connectivity index (χ3n) is 1.91. The van der Waals surface area contributed by atoms with Gasteiger partial charge < -0.3 is 4.42 Å². The molecule has 1 aromatic carbocycles. The van der Waals surface area contributed by atoms with E-state index in [1.165, 1.54) is 6.07 Å². The van der Waals surface area contributed by atoms with Crippen LogP contribution >= 0.6 is 15.9 Å². The van der Waals surface area contributed by atoms with E-state index in [-0.39, 0.29) is 5.69 Å². The normalized spacial score (nSPS) is 10.7. The van der Waals surface area contributed by atoms with E-state index in [1.807, 2.05) is 0 Å². The van der Waals surface area contributed by atoms with Gasteiger partial charge in [0.2, 0.25) is 0 Å². The van der Waals surface area contributed by atoms with Gasteiger partial charge in [0.25, 0.3) is 5.69 Å². The summed E-state index contributed by atoms with van der Waals surface area (Å²) in [6, 6.07) is 4.88. The smallest absolute Gasteiger partial charge is 0.284 e. The number of aryl methyl sites for hydroxylation is 1. The van der Waals surface area contributed by atoms with Gasteiger partial charge in [-0.25, -0.2) is 0 Å². The number of rotatable bonds is 1. The largest absolute Gasteiger partial charge is 0.461 e. The van der Waals surface area contributed by atoms with Gasteiger partial charge in [-0.05, 0) is 28.9 Å². The second-order valence-corrected chi connectivity index (χ2v) is 3.81. The summed E-state index contributed by atoms with van der Waals surface area (Å²) in [5, 5.41) is 11.4. The molecule has 0 spiro atoms. The van der Waals surface area contributed by atoms with Gasteiger partial charge in [-0.2, -0.15) is 0 Å². The van der Waals surface area contributed by atoms with Crippen molar-refractivity contribution in [3.05, 3.63) is 38.5 Å². The van der Waals surface area contributed by atoms with E-state index < -0.39 is 4.92 Å². The lowest BCUT2D eigenvalue weighted by Crippen LogP contribution is -1.88. The van der Waals surface area contributed by atoms with E-state index in [0.29, 0.717) is 10.1 Å². The minimum Gasteiger partial charge on any atom is -0.461 e. The van der Waals surface area contributed by atoms with Crippen LogP contribution in [0.3, 0.4) is 0 Å². The first kappa shape index (κ1) is 9.21. The summed E-state index contributed by atoms with van der Waals surface area (Å²) in [6.07, 6.45) is 0. The molecule has 0 fully saturated rings. The van der Waals surface area contributed by atoms with Crippen LogP contribution in [-0.2, 0) is 0 Å². The fourth-order valence-electron chi connectivity index (χ4n) is 1.32. The molecule has 1 heterocycles. The Bertz CT molecular complexity index is 518. The van der Waals surface area contributed by atoms with Gasteiger partial charge in [0, 0.05) is 17.5 Å². The first-order valence-electron chi connectivity index (χ1n) is 3.92. The average molecular weight is 256 g/mol. The summed E-state index contributed by atoms with van der Waals surface area (Å²) in [6.45, 7) is 1.81. The first-order valence-corrected chi connectivity index (χ1v) is 4.71. The molecule has 0 atom stereocenters. The van der Waals surface area contributed by atoms with Gasteiger partial charge in [-0.15, -0.1) is 0 Å². The molecule has 0 unspecified atom stereocenters. The summed E-state index contributed by atoms with van der Waals surface area (Å²) < 4.78 is 5.77. The fourth-order valence-corrected chi connectivity index (χ4v) is 1.79. The Kier molecular flexibility index (Phi) is 2.03. The first-order chi connectivity index (χ1) is 6.58. The summed E-state index contributed by atoms with van der Waals surface area (Å²) in [7, 11) is 0. The van der Waals surface area contributed by atoms with Crippen molar-refractivity contribution in [2.45, 2.75) is 6.92 Å². The van der Waals surface area contributed by atoms with Crippen molar-refractivity contribution in [3.63, 3.8) is 0 Å². The van der Waals surface area contributed by atoms with Crippen molar-refractivity contribution < 1.29 is 9.34 Å². The van der Waals surface area contributed by atoms with Gasteiger partial charge in [0.1, 0.15) is 11.3 Å². The summed E-state index contributed by atoms with van der Waals surface area (Å²) >= 11 is 3.13. The molecule has 5 heteroatoms. The molecule has 1 aromatic heterocycles. The standard InChI is InChI=1S/C9H6BrNO3/c1-5-2-6-3-8(11(12)13)7(10)4-9(6)14-5/h2-4H,1H3. The molecule has 0 N–H and O–H groups in total. The number of fused-ring (bicyclic) bond motifs is 1. The van der Waals surface area contributed by atoms with Crippen LogP contribution < -0.4 is 0 Å². The molecule has 0 bridgehead atoms. The molecule has 0 aliphatic carbocycles. The highest BCUT2D eigenvalue weighted by Crippen LogP contribution is 2.31. The summed E-state index contributed by atoms with van der Waals surface area (Å²) in [5.41, 5.74) is 0.707. The predicted molar refractivity (Wildman–Crippen MR) is 55.3 cm³/mol. The van der Waals surface area contributed by atoms with Crippen LogP contribution in [0.25, 0.3) is 11.0 Å². The fraction of sp³-hybridized carbons (Fsp3) is 0.111. The van der Waals surface area contributed by atoms with E-state index >= 15 is 0 Å². The van der Waals surface area contributed by atoms with Crippen LogP contribution in [0.2, 0.25) is 0 Å². The van der Waals surface area contributed by atoms with Gasteiger partial charge in [0.15, 0.2) is 0 Å². The van der Waals surface area contributed by atoms with E-state index in [4.69, 9.17) is 4.42 Å². The Labute approximate surface area is 87.8 Å². The van der Waals surface area contributed by atoms with Crippen LogP contribution in [0.5, 0.6) is 0 Å². The van der Waals surface area contributed by atoms with E-state index in [1.54, 1.807) is 19.1 Å². The number of furan rings is 1. The Hall–Kier alpha value is -1.36. The van der Waals surface area contributed by atoms with Crippen LogP contribution in [-0.4, -0.2) is 4.92 Å². The zero-order valence-electron chi connectivity index (χ0n) is 7.28. The SMILES string of the molecule is Cc1cc2cc([N+](=O)[O-])c(Br)cc2o1. The van der Waals surface area contributed by atoms with Crippen LogP contribution in [0.4, 0.5) is 5.69 Å². The summed E-state index contributed by atoms with van der Waals surface area (Å²) in [4.78, 5) is 10.2. The minimum absolute atomic E-state index is 0.0540. The van der Waals surface area contributed by atoms with Gasteiger partial charge in [-0.3, -0.25) is 10.1 Å². The third-order valence-corrected chi connectivity index (χ3v) is 2.54. The molecule has 0 aliphatic heterocycles. The maximum atomic E-state index is 10.6. The van der Waals surface area contributed by atoms with Crippen molar-refractivity contribution in [1.29, 1.82) is 0 Å². The number of halogens is 1. The molecule has 0 aliphatic rings. The highest BCUT2D eigenvalue weighted by molar-refractivity contribution is 9.10. The third kappa shape index (κ3) is 1.39. The number of hydrogen-bond acceptors (Lipinski definition) is 3. The lowest BCUT2D eigenvalue weighted by molar-refractivity contribution is -0.385. The molecule has 14 heavy (non-hydrogen) atoms. The molecule has 72 valence electrons. The Morgan fingerprint density at radius 2 is 2.14 bits per heavy atom. The topological polar surface area (TPSA) is 56.3 Å². The number of nitro groups is 1. The van der Waals surface area contributed by atoms with Gasteiger partial charge >= 0.3 is 0 Å². The van der Waals surface area contributed by atoms with Gasteiger partial charge in [0.05, 0.1) is 9.40 Å². The van der Waals surface area contributed by atoms with Crippen molar-refractivity contribution in [2.75, 3.05) is 0 Å². The number of nitro benzene ring substituents is 1. The average Bonchev–Trinajstić information content (AvgIpc) is 2.42.